The predicted molar refractivity (Wildman–Crippen MR) is 148 cm³/mol. The Morgan fingerprint density at radius 2 is 1.93 bits per heavy atom. The number of hydrogen-bond donors (Lipinski definition) is 1. The van der Waals surface area contributed by atoms with Crippen molar-refractivity contribution in [2.24, 2.45) is 5.92 Å². The maximum absolute atomic E-state index is 13.3. The molecule has 1 N–H and O–H groups in total. The van der Waals surface area contributed by atoms with Gasteiger partial charge in [0.1, 0.15) is 6.54 Å². The van der Waals surface area contributed by atoms with Crippen LogP contribution in [0.4, 0.5) is 0 Å². The van der Waals surface area contributed by atoms with E-state index in [1.54, 1.807) is 13.0 Å². The van der Waals surface area contributed by atoms with E-state index in [4.69, 9.17) is 14.2 Å². The monoisotopic (exact) mass is 546 g/mol. The minimum atomic E-state index is -0.408. The molecule has 1 atom stereocenters. The molecule has 4 aromatic rings. The van der Waals surface area contributed by atoms with Gasteiger partial charge in [0.2, 0.25) is 6.79 Å². The van der Waals surface area contributed by atoms with Gasteiger partial charge < -0.3 is 19.2 Å². The van der Waals surface area contributed by atoms with Crippen LogP contribution < -0.4 is 15.0 Å². The topological polar surface area (TPSA) is 124 Å². The molecule has 0 spiro atoms. The number of carbonyl (C=O) groups excluding carboxylic acids is 1. The summed E-state index contributed by atoms with van der Waals surface area (Å²) in [4.78, 5) is 30.8. The number of carbonyl (C=O) groups is 1. The zero-order valence-corrected chi connectivity index (χ0v) is 23.2. The second-order valence-corrected chi connectivity index (χ2v) is 10.3. The van der Waals surface area contributed by atoms with E-state index in [0.717, 1.165) is 11.8 Å². The van der Waals surface area contributed by atoms with Gasteiger partial charge in [-0.1, -0.05) is 38.1 Å². The summed E-state index contributed by atoms with van der Waals surface area (Å²) in [6, 6.07) is 13.6. The fourth-order valence-corrected chi connectivity index (χ4v) is 5.20. The lowest BCUT2D eigenvalue weighted by Gasteiger charge is -2.33. The Kier molecular flexibility index (Phi) is 8.11. The predicted octanol–water partition coefficient (Wildman–Crippen LogP) is 3.56. The molecule has 210 valence electrons. The molecule has 0 fully saturated rings. The maximum atomic E-state index is 13.3. The van der Waals surface area contributed by atoms with Crippen molar-refractivity contribution in [1.82, 2.24) is 30.1 Å². The minimum absolute atomic E-state index is 0.0668. The number of aromatic nitrogens is 5. The first-order chi connectivity index (χ1) is 19.3. The van der Waals surface area contributed by atoms with Gasteiger partial charge in [-0.2, -0.15) is 0 Å². The average molecular weight is 547 g/mol. The Balaban J connectivity index is 1.51. The zero-order valence-electron chi connectivity index (χ0n) is 23.2. The van der Waals surface area contributed by atoms with E-state index in [1.807, 2.05) is 24.3 Å². The summed E-state index contributed by atoms with van der Waals surface area (Å²) < 4.78 is 17.7. The molecule has 5 rings (SSSR count). The molecule has 0 saturated heterocycles. The third-order valence-electron chi connectivity index (χ3n) is 7.15. The molecule has 0 bridgehead atoms. The molecule has 0 amide bonds. The zero-order chi connectivity index (χ0) is 28.2. The van der Waals surface area contributed by atoms with Crippen molar-refractivity contribution in [2.75, 3.05) is 19.9 Å². The van der Waals surface area contributed by atoms with Crippen LogP contribution >= 0.6 is 0 Å². The van der Waals surface area contributed by atoms with Crippen molar-refractivity contribution in [3.8, 4) is 11.5 Å². The van der Waals surface area contributed by atoms with Crippen LogP contribution in [0.25, 0.3) is 10.9 Å². The van der Waals surface area contributed by atoms with E-state index in [1.165, 1.54) is 15.8 Å². The smallest absolute Gasteiger partial charge is 0.327 e. The number of fused-ring (bicyclic) bond motifs is 2. The quantitative estimate of drug-likeness (QED) is 0.281. The van der Waals surface area contributed by atoms with Gasteiger partial charge in [0, 0.05) is 30.1 Å². The number of nitrogens with one attached hydrogen (secondary N) is 1. The van der Waals surface area contributed by atoms with Gasteiger partial charge in [0.15, 0.2) is 17.3 Å². The maximum Gasteiger partial charge on any atom is 0.327 e. The first-order valence-electron chi connectivity index (χ1n) is 13.5. The summed E-state index contributed by atoms with van der Waals surface area (Å²) >= 11 is 0. The number of nitrogens with zero attached hydrogens (tertiary/aromatic N) is 5. The van der Waals surface area contributed by atoms with E-state index < -0.39 is 5.97 Å². The van der Waals surface area contributed by atoms with E-state index in [-0.39, 0.29) is 37.5 Å². The van der Waals surface area contributed by atoms with Gasteiger partial charge in [0.25, 0.3) is 5.56 Å². The van der Waals surface area contributed by atoms with Crippen LogP contribution in [-0.2, 0) is 29.0 Å². The summed E-state index contributed by atoms with van der Waals surface area (Å²) in [7, 11) is 0. The van der Waals surface area contributed by atoms with Crippen LogP contribution in [0.2, 0.25) is 0 Å². The summed E-state index contributed by atoms with van der Waals surface area (Å²) in [5, 5.41) is 13.2. The molecule has 11 nitrogen and oxygen atoms in total. The van der Waals surface area contributed by atoms with Crippen LogP contribution in [-0.4, -0.2) is 56.0 Å². The molecule has 40 heavy (non-hydrogen) atoms. The number of hydrogen-bond acceptors (Lipinski definition) is 9. The van der Waals surface area contributed by atoms with Crippen LogP contribution in [0.1, 0.15) is 49.3 Å². The molecule has 2 aromatic heterocycles. The van der Waals surface area contributed by atoms with Crippen LogP contribution in [0.15, 0.2) is 47.3 Å². The largest absolute Gasteiger partial charge is 0.465 e. The molecule has 2 aromatic carbocycles. The van der Waals surface area contributed by atoms with E-state index in [2.05, 4.69) is 58.3 Å². The molecule has 0 aliphatic carbocycles. The summed E-state index contributed by atoms with van der Waals surface area (Å²) in [5.41, 5.74) is 3.53. The summed E-state index contributed by atoms with van der Waals surface area (Å²) in [6.45, 7) is 9.35. The number of esters is 1. The van der Waals surface area contributed by atoms with E-state index >= 15 is 0 Å². The molecule has 0 unspecified atom stereocenters. The van der Waals surface area contributed by atoms with Gasteiger partial charge >= 0.3 is 5.97 Å². The Morgan fingerprint density at radius 3 is 2.67 bits per heavy atom. The summed E-state index contributed by atoms with van der Waals surface area (Å²) in [5.74, 6) is 1.48. The highest BCUT2D eigenvalue weighted by Crippen LogP contribution is 2.35. The minimum Gasteiger partial charge on any atom is -0.465 e. The lowest BCUT2D eigenvalue weighted by atomic mass is 9.98. The standard InChI is InChI=1S/C29H34N6O5/c1-5-38-26(36)16-35-28(31-32-33-35)27(18(2)3)34(11-10-20-9-7-6-8-19(20)4)15-22-12-21-13-24-25(40-17-39-24)14-23(21)30-29(22)37/h6-9,12-14,18,27H,5,10-11,15-17H2,1-4H3,(H,30,37)/t27-/m1/s1. The fourth-order valence-electron chi connectivity index (χ4n) is 5.20. The molecule has 0 saturated carbocycles. The SMILES string of the molecule is CCOC(=O)Cn1nnnc1[C@@H](C(C)C)N(CCc1ccccc1C)Cc1cc2cc3c(cc2[nH]c1=O)OCO3. The number of ether oxygens (including phenoxy) is 3. The Hall–Kier alpha value is -4.25. The number of tetrazole rings is 1. The highest BCUT2D eigenvalue weighted by atomic mass is 16.7. The number of rotatable bonds is 11. The fraction of sp³-hybridized carbons (Fsp3) is 0.414. The number of H-pyrrole nitrogens is 1. The van der Waals surface area contributed by atoms with Crippen molar-refractivity contribution in [1.29, 1.82) is 0 Å². The number of aryl methyl sites for hydroxylation is 1. The third-order valence-corrected chi connectivity index (χ3v) is 7.15. The third kappa shape index (κ3) is 5.84. The van der Waals surface area contributed by atoms with Crippen molar-refractivity contribution in [3.63, 3.8) is 0 Å². The lowest BCUT2D eigenvalue weighted by molar-refractivity contribution is -0.144. The molecule has 0 radical (unpaired) electrons. The summed E-state index contributed by atoms with van der Waals surface area (Å²) in [6.07, 6.45) is 0.763. The van der Waals surface area contributed by atoms with Crippen LogP contribution in [0.3, 0.4) is 0 Å². The molecule has 1 aliphatic heterocycles. The molecule has 1 aliphatic rings. The van der Waals surface area contributed by atoms with Crippen molar-refractivity contribution < 1.29 is 19.0 Å². The molecule has 11 heteroatoms. The van der Waals surface area contributed by atoms with Crippen LogP contribution in [0.5, 0.6) is 11.5 Å². The average Bonchev–Trinajstić information content (AvgIpc) is 3.56. The van der Waals surface area contributed by atoms with Gasteiger partial charge in [0.05, 0.1) is 18.2 Å². The lowest BCUT2D eigenvalue weighted by Crippen LogP contribution is -2.37. The first-order valence-corrected chi connectivity index (χ1v) is 13.5. The number of aromatic amines is 1. The normalized spacial score (nSPS) is 13.3. The number of pyridine rings is 1. The van der Waals surface area contributed by atoms with Crippen molar-refractivity contribution in [3.05, 3.63) is 75.3 Å². The van der Waals surface area contributed by atoms with Gasteiger partial charge in [-0.3, -0.25) is 14.5 Å². The Bertz CT molecular complexity index is 1560. The Labute approximate surface area is 232 Å². The second kappa shape index (κ2) is 11.9. The van der Waals surface area contributed by atoms with Crippen molar-refractivity contribution in [2.45, 2.75) is 53.2 Å². The first kappa shape index (κ1) is 27.3. The van der Waals surface area contributed by atoms with Gasteiger partial charge in [-0.15, -0.1) is 5.10 Å². The van der Waals surface area contributed by atoms with E-state index in [0.29, 0.717) is 41.5 Å². The van der Waals surface area contributed by atoms with Gasteiger partial charge in [-0.05, 0) is 59.9 Å². The Morgan fingerprint density at radius 1 is 1.15 bits per heavy atom. The number of benzene rings is 2. The van der Waals surface area contributed by atoms with Crippen molar-refractivity contribution >= 4 is 16.9 Å². The molecular formula is C29H34N6O5. The van der Waals surface area contributed by atoms with E-state index in [9.17, 15) is 9.59 Å². The second-order valence-electron chi connectivity index (χ2n) is 10.3. The highest BCUT2D eigenvalue weighted by Gasteiger charge is 2.30. The molecule has 3 heterocycles. The molecular weight excluding hydrogens is 512 g/mol. The van der Waals surface area contributed by atoms with Gasteiger partial charge in [-0.25, -0.2) is 4.68 Å². The van der Waals surface area contributed by atoms with Crippen LogP contribution in [0, 0.1) is 12.8 Å². The highest BCUT2D eigenvalue weighted by molar-refractivity contribution is 5.83.